The second-order valence-corrected chi connectivity index (χ2v) is 6.45. The van der Waals surface area contributed by atoms with Crippen molar-refractivity contribution in [1.82, 2.24) is 10.5 Å². The molecule has 2 aromatic heterocycles. The highest BCUT2D eigenvalue weighted by Gasteiger charge is 2.28. The van der Waals surface area contributed by atoms with Crippen molar-refractivity contribution in [2.24, 2.45) is 5.92 Å². The first kappa shape index (κ1) is 14.1. The van der Waals surface area contributed by atoms with Gasteiger partial charge in [0.1, 0.15) is 0 Å². The molecule has 0 radical (unpaired) electrons. The first-order valence-corrected chi connectivity index (χ1v) is 8.14. The number of amides is 2. The lowest BCUT2D eigenvalue weighted by atomic mass is 9.97. The molecule has 0 spiro atoms. The van der Waals surface area contributed by atoms with Crippen LogP contribution in [0.3, 0.4) is 0 Å². The Bertz CT molecular complexity index is 588. The van der Waals surface area contributed by atoms with Crippen LogP contribution in [-0.4, -0.2) is 11.2 Å². The molecule has 0 unspecified atom stereocenters. The van der Waals surface area contributed by atoms with Gasteiger partial charge >= 0.3 is 6.03 Å². The minimum Gasteiger partial charge on any atom is -0.338 e. The maximum atomic E-state index is 12.2. The third-order valence-electron chi connectivity index (χ3n) is 3.87. The van der Waals surface area contributed by atoms with Crippen LogP contribution in [0, 0.1) is 12.8 Å². The van der Waals surface area contributed by atoms with E-state index in [9.17, 15) is 4.79 Å². The van der Waals surface area contributed by atoms with Crippen molar-refractivity contribution in [3.8, 4) is 0 Å². The Morgan fingerprint density at radius 1 is 1.48 bits per heavy atom. The lowest BCUT2D eigenvalue weighted by molar-refractivity contribution is 0.242. The molecule has 112 valence electrons. The molecular formula is C15H19N3O2S. The van der Waals surface area contributed by atoms with Crippen molar-refractivity contribution < 1.29 is 9.32 Å². The molecular weight excluding hydrogens is 286 g/mol. The van der Waals surface area contributed by atoms with Crippen LogP contribution in [-0.2, 0) is 0 Å². The Morgan fingerprint density at radius 2 is 2.29 bits per heavy atom. The van der Waals surface area contributed by atoms with Crippen LogP contribution >= 0.6 is 11.3 Å². The summed E-state index contributed by atoms with van der Waals surface area (Å²) in [7, 11) is 0. The van der Waals surface area contributed by atoms with Crippen LogP contribution in [0.5, 0.6) is 0 Å². The van der Waals surface area contributed by atoms with Gasteiger partial charge in [0, 0.05) is 10.9 Å². The van der Waals surface area contributed by atoms with Crippen molar-refractivity contribution in [2.45, 2.75) is 38.6 Å². The van der Waals surface area contributed by atoms with Gasteiger partial charge in [0.15, 0.2) is 0 Å². The number of anilines is 1. The lowest BCUT2D eigenvalue weighted by Crippen LogP contribution is -2.35. The highest BCUT2D eigenvalue weighted by molar-refractivity contribution is 7.10. The minimum atomic E-state index is -0.239. The molecule has 6 heteroatoms. The number of aromatic nitrogens is 1. The maximum absolute atomic E-state index is 12.2. The quantitative estimate of drug-likeness (QED) is 0.893. The van der Waals surface area contributed by atoms with Gasteiger partial charge in [0.05, 0.1) is 11.7 Å². The molecule has 1 atom stereocenters. The Balaban J connectivity index is 1.67. The van der Waals surface area contributed by atoms with E-state index in [4.69, 9.17) is 4.52 Å². The number of rotatable bonds is 4. The van der Waals surface area contributed by atoms with E-state index in [1.807, 2.05) is 13.0 Å². The fourth-order valence-electron chi connectivity index (χ4n) is 2.89. The summed E-state index contributed by atoms with van der Waals surface area (Å²) in [5, 5.41) is 11.6. The van der Waals surface area contributed by atoms with Crippen LogP contribution < -0.4 is 10.6 Å². The van der Waals surface area contributed by atoms with Gasteiger partial charge in [-0.3, -0.25) is 5.32 Å². The largest absolute Gasteiger partial charge is 0.338 e. The van der Waals surface area contributed by atoms with Gasteiger partial charge in [-0.1, -0.05) is 24.1 Å². The zero-order chi connectivity index (χ0) is 14.7. The van der Waals surface area contributed by atoms with Crippen molar-refractivity contribution in [3.05, 3.63) is 34.2 Å². The monoisotopic (exact) mass is 305 g/mol. The number of hydrogen-bond donors (Lipinski definition) is 2. The van der Waals surface area contributed by atoms with E-state index < -0.39 is 0 Å². The molecule has 1 aliphatic carbocycles. The van der Waals surface area contributed by atoms with E-state index >= 15 is 0 Å². The number of carbonyl (C=O) groups excluding carboxylic acids is 1. The van der Waals surface area contributed by atoms with Crippen molar-refractivity contribution in [3.63, 3.8) is 0 Å². The van der Waals surface area contributed by atoms with Crippen LogP contribution in [0.4, 0.5) is 10.7 Å². The summed E-state index contributed by atoms with van der Waals surface area (Å²) in [4.78, 5) is 13.4. The fourth-order valence-corrected chi connectivity index (χ4v) is 3.76. The summed E-state index contributed by atoms with van der Waals surface area (Å²) in [6.07, 6.45) is 4.84. The molecule has 0 aromatic carbocycles. The van der Waals surface area contributed by atoms with Gasteiger partial charge in [-0.15, -0.1) is 11.3 Å². The average molecular weight is 305 g/mol. The number of carbonyl (C=O) groups is 1. The number of nitrogens with one attached hydrogen (secondary N) is 2. The normalized spacial score (nSPS) is 16.8. The standard InChI is InChI=1S/C15H19N3O2S/c1-10-9-13(20-18-10)16-15(19)17-14(11-5-2-3-6-11)12-7-4-8-21-12/h4,7-9,11,14H,2-3,5-6H2,1H3,(H2,16,17,19)/t14-/m0/s1. The predicted octanol–water partition coefficient (Wildman–Crippen LogP) is 4.10. The second kappa shape index (κ2) is 6.30. The molecule has 1 aliphatic rings. The van der Waals surface area contributed by atoms with Crippen LogP contribution in [0.2, 0.25) is 0 Å². The predicted molar refractivity (Wildman–Crippen MR) is 82.4 cm³/mol. The molecule has 0 saturated heterocycles. The number of hydrogen-bond acceptors (Lipinski definition) is 4. The van der Waals surface area contributed by atoms with E-state index in [0.29, 0.717) is 11.8 Å². The smallest absolute Gasteiger partial charge is 0.322 e. The molecule has 2 heterocycles. The number of aryl methyl sites for hydroxylation is 1. The molecule has 5 nitrogen and oxygen atoms in total. The van der Waals surface area contributed by atoms with E-state index in [1.165, 1.54) is 30.6 Å². The Hall–Kier alpha value is -1.82. The van der Waals surface area contributed by atoms with Crippen LogP contribution in [0.15, 0.2) is 28.1 Å². The van der Waals surface area contributed by atoms with Gasteiger partial charge in [0.2, 0.25) is 5.88 Å². The van der Waals surface area contributed by atoms with E-state index in [2.05, 4.69) is 27.2 Å². The average Bonchev–Trinajstić information content (AvgIpc) is 3.19. The minimum absolute atomic E-state index is 0.0801. The van der Waals surface area contributed by atoms with Crippen molar-refractivity contribution in [2.75, 3.05) is 5.32 Å². The molecule has 3 rings (SSSR count). The van der Waals surface area contributed by atoms with E-state index in [-0.39, 0.29) is 12.1 Å². The first-order chi connectivity index (χ1) is 10.2. The zero-order valence-electron chi connectivity index (χ0n) is 12.0. The van der Waals surface area contributed by atoms with Gasteiger partial charge < -0.3 is 9.84 Å². The summed E-state index contributed by atoms with van der Waals surface area (Å²) in [6.45, 7) is 1.82. The lowest BCUT2D eigenvalue weighted by Gasteiger charge is -2.23. The Labute approximate surface area is 127 Å². The van der Waals surface area contributed by atoms with Crippen LogP contribution in [0.25, 0.3) is 0 Å². The molecule has 0 aliphatic heterocycles. The highest BCUT2D eigenvalue weighted by Crippen LogP contribution is 2.37. The van der Waals surface area contributed by atoms with Gasteiger partial charge in [-0.2, -0.15) is 0 Å². The number of urea groups is 1. The maximum Gasteiger partial charge on any atom is 0.322 e. The Morgan fingerprint density at radius 3 is 2.90 bits per heavy atom. The second-order valence-electron chi connectivity index (χ2n) is 5.47. The molecule has 21 heavy (non-hydrogen) atoms. The van der Waals surface area contributed by atoms with Crippen LogP contribution in [0.1, 0.15) is 42.3 Å². The highest BCUT2D eigenvalue weighted by atomic mass is 32.1. The Kier molecular flexibility index (Phi) is 4.24. The molecule has 2 aromatic rings. The summed E-state index contributed by atoms with van der Waals surface area (Å²) in [6, 6.07) is 5.66. The summed E-state index contributed by atoms with van der Waals surface area (Å²) in [5.41, 5.74) is 0.746. The number of nitrogens with zero attached hydrogens (tertiary/aromatic N) is 1. The molecule has 0 bridgehead atoms. The summed E-state index contributed by atoms with van der Waals surface area (Å²) < 4.78 is 5.01. The van der Waals surface area contributed by atoms with Crippen molar-refractivity contribution >= 4 is 23.3 Å². The third-order valence-corrected chi connectivity index (χ3v) is 4.83. The molecule has 2 N–H and O–H groups in total. The third kappa shape index (κ3) is 3.44. The SMILES string of the molecule is Cc1cc(NC(=O)N[C@H](c2cccs2)C2CCCC2)on1. The molecule has 1 saturated carbocycles. The fraction of sp³-hybridized carbons (Fsp3) is 0.467. The van der Waals surface area contributed by atoms with E-state index in [0.717, 1.165) is 5.69 Å². The summed E-state index contributed by atoms with van der Waals surface area (Å²) in [5.74, 6) is 0.896. The molecule has 2 amide bonds. The van der Waals surface area contributed by atoms with Gasteiger partial charge in [0.25, 0.3) is 0 Å². The topological polar surface area (TPSA) is 67.2 Å². The zero-order valence-corrected chi connectivity index (χ0v) is 12.8. The van der Waals surface area contributed by atoms with Crippen molar-refractivity contribution in [1.29, 1.82) is 0 Å². The molecule has 1 fully saturated rings. The van der Waals surface area contributed by atoms with Gasteiger partial charge in [-0.25, -0.2) is 4.79 Å². The number of thiophene rings is 1. The first-order valence-electron chi connectivity index (χ1n) is 7.26. The van der Waals surface area contributed by atoms with E-state index in [1.54, 1.807) is 17.4 Å². The summed E-state index contributed by atoms with van der Waals surface area (Å²) >= 11 is 1.69. The van der Waals surface area contributed by atoms with Gasteiger partial charge in [-0.05, 0) is 37.1 Å².